The minimum Gasteiger partial charge on any atom is -0.351 e. The van der Waals surface area contributed by atoms with E-state index in [0.717, 1.165) is 12.8 Å². The van der Waals surface area contributed by atoms with Crippen molar-refractivity contribution in [1.82, 2.24) is 5.32 Å². The molecule has 3 fully saturated rings. The van der Waals surface area contributed by atoms with E-state index in [2.05, 4.69) is 18.3 Å². The lowest BCUT2D eigenvalue weighted by Crippen LogP contribution is -2.33. The molecule has 5 atom stereocenters. The summed E-state index contributed by atoms with van der Waals surface area (Å²) >= 11 is 0. The molecule has 0 aromatic heterocycles. The summed E-state index contributed by atoms with van der Waals surface area (Å²) in [5, 5.41) is 12.1. The first-order valence-corrected chi connectivity index (χ1v) is 4.91. The van der Waals surface area contributed by atoms with Crippen LogP contribution in [0.1, 0.15) is 19.8 Å². The summed E-state index contributed by atoms with van der Waals surface area (Å²) in [5.74, 6) is 1.49. The lowest BCUT2D eigenvalue weighted by atomic mass is 9.72. The van der Waals surface area contributed by atoms with Crippen LogP contribution in [0.3, 0.4) is 0 Å². The Balaban J connectivity index is 2.12. The Hall–Kier alpha value is -1.04. The van der Waals surface area contributed by atoms with E-state index in [9.17, 15) is 4.79 Å². The molecule has 5 unspecified atom stereocenters. The Bertz CT molecular complexity index is 332. The highest BCUT2D eigenvalue weighted by atomic mass is 16.2. The molecule has 0 radical (unpaired) electrons. The smallest absolute Gasteiger partial charge is 0.241 e. The second kappa shape index (κ2) is 1.89. The molecular weight excluding hydrogens is 164 g/mol. The van der Waals surface area contributed by atoms with Gasteiger partial charge in [-0.05, 0) is 24.7 Å². The van der Waals surface area contributed by atoms with Crippen LogP contribution in [0.4, 0.5) is 0 Å². The number of amides is 1. The molecule has 0 spiro atoms. The zero-order valence-electron chi connectivity index (χ0n) is 7.58. The Labute approximate surface area is 77.1 Å². The fraction of sp³-hybridized carbons (Fsp3) is 0.800. The Morgan fingerprint density at radius 3 is 3.08 bits per heavy atom. The largest absolute Gasteiger partial charge is 0.351 e. The van der Waals surface area contributed by atoms with Crippen molar-refractivity contribution in [3.8, 4) is 6.07 Å². The summed E-state index contributed by atoms with van der Waals surface area (Å²) in [6.07, 6.45) is 1.88. The second-order valence-corrected chi connectivity index (χ2v) is 4.75. The first-order chi connectivity index (χ1) is 6.19. The van der Waals surface area contributed by atoms with Gasteiger partial charge < -0.3 is 5.32 Å². The first-order valence-electron chi connectivity index (χ1n) is 4.91. The third kappa shape index (κ3) is 0.580. The fourth-order valence-corrected chi connectivity index (χ4v) is 3.64. The molecule has 1 amide bonds. The molecule has 1 N–H and O–H groups in total. The van der Waals surface area contributed by atoms with Crippen LogP contribution in [0, 0.1) is 34.5 Å². The van der Waals surface area contributed by atoms with Crippen LogP contribution >= 0.6 is 0 Å². The van der Waals surface area contributed by atoms with Gasteiger partial charge in [0.1, 0.15) is 5.41 Å². The molecule has 1 aliphatic heterocycles. The highest BCUT2D eigenvalue weighted by Gasteiger charge is 2.67. The highest BCUT2D eigenvalue weighted by Crippen LogP contribution is 2.61. The van der Waals surface area contributed by atoms with Crippen LogP contribution < -0.4 is 5.32 Å². The van der Waals surface area contributed by atoms with E-state index in [-0.39, 0.29) is 5.91 Å². The van der Waals surface area contributed by atoms with Gasteiger partial charge in [-0.1, -0.05) is 6.92 Å². The lowest BCUT2D eigenvalue weighted by Gasteiger charge is -2.26. The molecule has 2 bridgehead atoms. The van der Waals surface area contributed by atoms with E-state index in [1.807, 2.05) is 0 Å². The van der Waals surface area contributed by atoms with Crippen LogP contribution in [-0.4, -0.2) is 11.9 Å². The van der Waals surface area contributed by atoms with Gasteiger partial charge in [0.15, 0.2) is 0 Å². The maximum atomic E-state index is 11.7. The molecular formula is C10H12N2O. The van der Waals surface area contributed by atoms with Crippen molar-refractivity contribution in [3.05, 3.63) is 0 Å². The monoisotopic (exact) mass is 176 g/mol. The number of carbonyl (C=O) groups excluding carboxylic acids is 1. The van der Waals surface area contributed by atoms with E-state index in [1.165, 1.54) is 0 Å². The van der Waals surface area contributed by atoms with Crippen LogP contribution in [0.2, 0.25) is 0 Å². The van der Waals surface area contributed by atoms with E-state index in [1.54, 1.807) is 0 Å². The molecule has 2 aliphatic carbocycles. The minimum absolute atomic E-state index is 0.00292. The molecule has 0 aromatic carbocycles. The molecule has 2 saturated carbocycles. The van der Waals surface area contributed by atoms with Crippen molar-refractivity contribution in [2.75, 3.05) is 0 Å². The minimum atomic E-state index is -0.637. The van der Waals surface area contributed by atoms with E-state index < -0.39 is 5.41 Å². The van der Waals surface area contributed by atoms with Crippen molar-refractivity contribution >= 4 is 5.91 Å². The zero-order valence-corrected chi connectivity index (χ0v) is 7.58. The third-order valence-corrected chi connectivity index (χ3v) is 4.42. The van der Waals surface area contributed by atoms with Crippen LogP contribution in [0.25, 0.3) is 0 Å². The van der Waals surface area contributed by atoms with E-state index in [4.69, 9.17) is 5.26 Å². The van der Waals surface area contributed by atoms with E-state index in [0.29, 0.717) is 23.8 Å². The number of rotatable bonds is 0. The van der Waals surface area contributed by atoms with Crippen molar-refractivity contribution in [2.24, 2.45) is 23.2 Å². The van der Waals surface area contributed by atoms with Gasteiger partial charge in [0.25, 0.3) is 0 Å². The number of nitrogens with zero attached hydrogens (tertiary/aromatic N) is 1. The number of nitriles is 1. The van der Waals surface area contributed by atoms with Gasteiger partial charge in [0.05, 0.1) is 6.07 Å². The van der Waals surface area contributed by atoms with Crippen LogP contribution in [0.15, 0.2) is 0 Å². The highest BCUT2D eigenvalue weighted by molar-refractivity contribution is 5.89. The molecule has 13 heavy (non-hydrogen) atoms. The molecule has 1 heterocycles. The third-order valence-electron chi connectivity index (χ3n) is 4.42. The van der Waals surface area contributed by atoms with Crippen molar-refractivity contribution in [2.45, 2.75) is 25.8 Å². The average Bonchev–Trinajstić information content (AvgIpc) is 2.68. The Kier molecular flexibility index (Phi) is 1.07. The maximum Gasteiger partial charge on any atom is 0.241 e. The number of nitrogens with one attached hydrogen (secondary N) is 1. The normalized spacial score (nSPS) is 56.5. The molecule has 3 heteroatoms. The summed E-state index contributed by atoms with van der Waals surface area (Å²) in [6, 6.07) is 2.56. The molecule has 3 nitrogen and oxygen atoms in total. The predicted molar refractivity (Wildman–Crippen MR) is 45.4 cm³/mol. The predicted octanol–water partition coefficient (Wildman–Crippen LogP) is 0.671. The SMILES string of the molecule is CC1C2CC3C1NC(=O)C3(C#N)C2. The molecule has 3 aliphatic rings. The summed E-state index contributed by atoms with van der Waals surface area (Å²) in [6.45, 7) is 2.20. The Morgan fingerprint density at radius 1 is 1.69 bits per heavy atom. The lowest BCUT2D eigenvalue weighted by molar-refractivity contribution is -0.125. The quantitative estimate of drug-likeness (QED) is 0.589. The first kappa shape index (κ1) is 7.37. The number of hydrogen-bond acceptors (Lipinski definition) is 2. The average molecular weight is 176 g/mol. The zero-order chi connectivity index (χ0) is 9.22. The molecule has 0 aromatic rings. The molecule has 3 rings (SSSR count). The van der Waals surface area contributed by atoms with Crippen LogP contribution in [0.5, 0.6) is 0 Å². The fourth-order valence-electron chi connectivity index (χ4n) is 3.64. The topological polar surface area (TPSA) is 52.9 Å². The van der Waals surface area contributed by atoms with Crippen molar-refractivity contribution in [3.63, 3.8) is 0 Å². The summed E-state index contributed by atoms with van der Waals surface area (Å²) in [5.41, 5.74) is -0.637. The van der Waals surface area contributed by atoms with Gasteiger partial charge in [-0.15, -0.1) is 0 Å². The van der Waals surface area contributed by atoms with Gasteiger partial charge in [-0.2, -0.15) is 5.26 Å². The van der Waals surface area contributed by atoms with Gasteiger partial charge in [-0.25, -0.2) is 0 Å². The maximum absolute atomic E-state index is 11.7. The second-order valence-electron chi connectivity index (χ2n) is 4.75. The van der Waals surface area contributed by atoms with Gasteiger partial charge in [-0.3, -0.25) is 4.79 Å². The number of fused-ring (bicyclic) bond motifs is 1. The van der Waals surface area contributed by atoms with Gasteiger partial charge in [0.2, 0.25) is 5.91 Å². The van der Waals surface area contributed by atoms with Crippen molar-refractivity contribution < 1.29 is 4.79 Å². The van der Waals surface area contributed by atoms with Crippen LogP contribution in [-0.2, 0) is 4.79 Å². The summed E-state index contributed by atoms with van der Waals surface area (Å²) < 4.78 is 0. The summed E-state index contributed by atoms with van der Waals surface area (Å²) in [4.78, 5) is 11.7. The van der Waals surface area contributed by atoms with Gasteiger partial charge in [0, 0.05) is 12.0 Å². The van der Waals surface area contributed by atoms with Crippen molar-refractivity contribution in [1.29, 1.82) is 5.26 Å². The summed E-state index contributed by atoms with van der Waals surface area (Å²) in [7, 11) is 0. The molecule has 1 saturated heterocycles. The Morgan fingerprint density at radius 2 is 2.46 bits per heavy atom. The molecule has 68 valence electrons. The van der Waals surface area contributed by atoms with Gasteiger partial charge >= 0.3 is 0 Å². The standard InChI is InChI=1S/C10H12N2O/c1-5-6-2-7-8(5)12-9(13)10(7,3-6)4-11/h5-8H,2-3H2,1H3,(H,12,13). The van der Waals surface area contributed by atoms with E-state index >= 15 is 0 Å². The number of hydrogen-bond donors (Lipinski definition) is 1. The number of carbonyl (C=O) groups is 1.